The van der Waals surface area contributed by atoms with E-state index in [1.807, 2.05) is 26.8 Å². The number of fused-ring (bicyclic) bond motifs is 2. The lowest BCUT2D eigenvalue weighted by Crippen LogP contribution is -2.49. The quantitative estimate of drug-likeness (QED) is 0.317. The summed E-state index contributed by atoms with van der Waals surface area (Å²) in [7, 11) is 1.43. The van der Waals surface area contributed by atoms with Crippen LogP contribution in [0.1, 0.15) is 49.8 Å². The van der Waals surface area contributed by atoms with Crippen molar-refractivity contribution in [3.8, 4) is 11.8 Å². The number of anilines is 2. The average Bonchev–Trinajstić information content (AvgIpc) is 3.39. The standard InChI is InChI=1S/C31H29Cl2FN4O3/c1-30(2,3)14-24-31(19-10-9-17(32)13-22(19)37-29(31)40)25(18-6-5-7-20(33)26(18)34)27(38-24)28(39)36-21-11-8-16(15-35)12-23(21)41-4/h5-13,24-25,27,38H,14H2,1-4H3,(H,36,39)(H,37,40). The molecule has 2 amide bonds. The monoisotopic (exact) mass is 594 g/mol. The summed E-state index contributed by atoms with van der Waals surface area (Å²) in [4.78, 5) is 28.3. The molecule has 3 aromatic rings. The third-order valence-corrected chi connectivity index (χ3v) is 8.34. The van der Waals surface area contributed by atoms with Gasteiger partial charge in [-0.25, -0.2) is 4.39 Å². The van der Waals surface area contributed by atoms with Gasteiger partial charge in [-0.1, -0.05) is 62.2 Å². The molecule has 1 fully saturated rings. The second kappa shape index (κ2) is 10.6. The molecule has 5 rings (SSSR count). The van der Waals surface area contributed by atoms with Crippen LogP contribution in [0.3, 0.4) is 0 Å². The van der Waals surface area contributed by atoms with Crippen molar-refractivity contribution in [2.45, 2.75) is 50.6 Å². The van der Waals surface area contributed by atoms with E-state index in [2.05, 4.69) is 16.0 Å². The topological polar surface area (TPSA) is 103 Å². The summed E-state index contributed by atoms with van der Waals surface area (Å²) in [5.74, 6) is -2.24. The summed E-state index contributed by atoms with van der Waals surface area (Å²) < 4.78 is 21.3. The lowest BCUT2D eigenvalue weighted by atomic mass is 9.62. The van der Waals surface area contributed by atoms with Crippen LogP contribution in [0.2, 0.25) is 10.0 Å². The molecule has 1 saturated heterocycles. The highest BCUT2D eigenvalue weighted by atomic mass is 35.5. The van der Waals surface area contributed by atoms with Gasteiger partial charge in [0.25, 0.3) is 0 Å². The Morgan fingerprint density at radius 1 is 1.17 bits per heavy atom. The van der Waals surface area contributed by atoms with Crippen LogP contribution in [0, 0.1) is 22.6 Å². The van der Waals surface area contributed by atoms with Gasteiger partial charge < -0.3 is 20.7 Å². The van der Waals surface area contributed by atoms with E-state index in [1.165, 1.54) is 19.2 Å². The minimum absolute atomic E-state index is 0.112. The van der Waals surface area contributed by atoms with Gasteiger partial charge in [0.05, 0.1) is 35.5 Å². The lowest BCUT2D eigenvalue weighted by Gasteiger charge is -2.37. The van der Waals surface area contributed by atoms with Gasteiger partial charge in [0.2, 0.25) is 11.8 Å². The fourth-order valence-corrected chi connectivity index (χ4v) is 6.58. The number of methoxy groups -OCH3 is 1. The highest BCUT2D eigenvalue weighted by Crippen LogP contribution is 2.57. The molecule has 1 spiro atoms. The average molecular weight is 596 g/mol. The SMILES string of the molecule is COc1cc(C#N)ccc1NC(=O)C1NC(CC(C)(C)C)C2(C(=O)Nc3cc(Cl)ccc32)C1c1cccc(Cl)c1F. The molecule has 41 heavy (non-hydrogen) atoms. The number of halogens is 3. The van der Waals surface area contributed by atoms with Gasteiger partial charge in [-0.2, -0.15) is 5.26 Å². The molecule has 0 bridgehead atoms. The van der Waals surface area contributed by atoms with Crippen LogP contribution < -0.4 is 20.7 Å². The zero-order valence-electron chi connectivity index (χ0n) is 22.9. The van der Waals surface area contributed by atoms with Crippen LogP contribution in [0.15, 0.2) is 54.6 Å². The van der Waals surface area contributed by atoms with Crippen LogP contribution >= 0.6 is 23.2 Å². The third kappa shape index (κ3) is 4.93. The van der Waals surface area contributed by atoms with Gasteiger partial charge in [0.1, 0.15) is 17.0 Å². The van der Waals surface area contributed by atoms with Crippen molar-refractivity contribution in [2.75, 3.05) is 17.7 Å². The van der Waals surface area contributed by atoms with Crippen molar-refractivity contribution in [1.82, 2.24) is 5.32 Å². The molecule has 0 saturated carbocycles. The second-order valence-corrected chi connectivity index (χ2v) is 12.5. The Labute approximate surface area is 248 Å². The molecule has 212 valence electrons. The zero-order valence-corrected chi connectivity index (χ0v) is 24.5. The summed E-state index contributed by atoms with van der Waals surface area (Å²) in [6.07, 6.45) is 0.491. The molecule has 7 nitrogen and oxygen atoms in total. The van der Waals surface area contributed by atoms with E-state index in [0.717, 1.165) is 0 Å². The summed E-state index contributed by atoms with van der Waals surface area (Å²) in [5.41, 5.74) is 0.357. The molecule has 2 heterocycles. The van der Waals surface area contributed by atoms with E-state index in [4.69, 9.17) is 27.9 Å². The third-order valence-electron chi connectivity index (χ3n) is 7.81. The first kappa shape index (κ1) is 28.9. The molecule has 2 aliphatic heterocycles. The molecule has 4 unspecified atom stereocenters. The number of carbonyl (C=O) groups is 2. The maximum Gasteiger partial charge on any atom is 0.242 e. The van der Waals surface area contributed by atoms with E-state index in [1.54, 1.807) is 42.5 Å². The van der Waals surface area contributed by atoms with Crippen molar-refractivity contribution >= 4 is 46.4 Å². The van der Waals surface area contributed by atoms with Crippen molar-refractivity contribution in [2.24, 2.45) is 5.41 Å². The number of benzene rings is 3. The lowest BCUT2D eigenvalue weighted by molar-refractivity contribution is -0.122. The molecule has 10 heteroatoms. The van der Waals surface area contributed by atoms with Crippen LogP contribution in [0.25, 0.3) is 0 Å². The van der Waals surface area contributed by atoms with Crippen molar-refractivity contribution < 1.29 is 18.7 Å². The van der Waals surface area contributed by atoms with E-state index in [0.29, 0.717) is 39.7 Å². The Bertz CT molecular complexity index is 1600. The van der Waals surface area contributed by atoms with Crippen molar-refractivity contribution in [3.05, 3.63) is 87.2 Å². The van der Waals surface area contributed by atoms with Gasteiger partial charge in [-0.3, -0.25) is 9.59 Å². The Balaban J connectivity index is 1.71. The smallest absolute Gasteiger partial charge is 0.242 e. The summed E-state index contributed by atoms with van der Waals surface area (Å²) in [6, 6.07) is 14.8. The van der Waals surface area contributed by atoms with E-state index < -0.39 is 35.1 Å². The van der Waals surface area contributed by atoms with Gasteiger partial charge in [0, 0.05) is 28.7 Å². The van der Waals surface area contributed by atoms with Crippen LogP contribution in [0.4, 0.5) is 15.8 Å². The minimum atomic E-state index is -1.37. The first-order chi connectivity index (χ1) is 19.4. The van der Waals surface area contributed by atoms with Crippen LogP contribution in [0.5, 0.6) is 5.75 Å². The summed E-state index contributed by atoms with van der Waals surface area (Å²) in [6.45, 7) is 6.13. The number of hydrogen-bond donors (Lipinski definition) is 3. The fraction of sp³-hybridized carbons (Fsp3) is 0.323. The molecule has 2 aliphatic rings. The van der Waals surface area contributed by atoms with Crippen molar-refractivity contribution in [3.63, 3.8) is 0 Å². The number of carbonyl (C=O) groups excluding carboxylic acids is 2. The maximum atomic E-state index is 15.9. The Kier molecular flexibility index (Phi) is 7.49. The summed E-state index contributed by atoms with van der Waals surface area (Å²) >= 11 is 12.5. The van der Waals surface area contributed by atoms with Crippen LogP contribution in [-0.4, -0.2) is 31.0 Å². The molecular weight excluding hydrogens is 566 g/mol. The van der Waals surface area contributed by atoms with Gasteiger partial charge in [-0.15, -0.1) is 0 Å². The molecule has 3 N–H and O–H groups in total. The predicted molar refractivity (Wildman–Crippen MR) is 157 cm³/mol. The largest absolute Gasteiger partial charge is 0.495 e. The predicted octanol–water partition coefficient (Wildman–Crippen LogP) is 6.40. The fourth-order valence-electron chi connectivity index (χ4n) is 6.23. The molecule has 4 atom stereocenters. The highest BCUT2D eigenvalue weighted by molar-refractivity contribution is 6.31. The van der Waals surface area contributed by atoms with E-state index in [-0.39, 0.29) is 21.9 Å². The van der Waals surface area contributed by atoms with E-state index in [9.17, 15) is 14.9 Å². The Hall–Kier alpha value is -3.64. The van der Waals surface area contributed by atoms with Gasteiger partial charge >= 0.3 is 0 Å². The van der Waals surface area contributed by atoms with E-state index >= 15 is 4.39 Å². The minimum Gasteiger partial charge on any atom is -0.495 e. The number of rotatable bonds is 5. The molecule has 0 aromatic heterocycles. The van der Waals surface area contributed by atoms with Crippen molar-refractivity contribution in [1.29, 1.82) is 5.26 Å². The molecule has 3 aromatic carbocycles. The number of amides is 2. The number of nitrogens with one attached hydrogen (secondary N) is 3. The zero-order chi connectivity index (χ0) is 29.7. The maximum absolute atomic E-state index is 15.9. The number of ether oxygens (including phenoxy) is 1. The summed E-state index contributed by atoms with van der Waals surface area (Å²) in [5, 5.41) is 18.9. The first-order valence-corrected chi connectivity index (χ1v) is 13.9. The molecule has 0 aliphatic carbocycles. The highest BCUT2D eigenvalue weighted by Gasteiger charge is 2.66. The van der Waals surface area contributed by atoms with Crippen LogP contribution in [-0.2, 0) is 15.0 Å². The molecule has 0 radical (unpaired) electrons. The van der Waals surface area contributed by atoms with Gasteiger partial charge in [-0.05, 0) is 53.3 Å². The second-order valence-electron chi connectivity index (χ2n) is 11.6. The van der Waals surface area contributed by atoms with Gasteiger partial charge in [0.15, 0.2) is 0 Å². The Morgan fingerprint density at radius 3 is 2.61 bits per heavy atom. The normalized spacial score (nSPS) is 23.2. The first-order valence-electron chi connectivity index (χ1n) is 13.1. The Morgan fingerprint density at radius 2 is 1.93 bits per heavy atom. The number of hydrogen-bond acceptors (Lipinski definition) is 5. The number of nitrogens with zero attached hydrogens (tertiary/aromatic N) is 1. The number of nitriles is 1. The molecular formula is C31H29Cl2FN4O3.